The highest BCUT2D eigenvalue weighted by molar-refractivity contribution is 6.01. The van der Waals surface area contributed by atoms with Crippen LogP contribution in [-0.4, -0.2) is 45.0 Å². The summed E-state index contributed by atoms with van der Waals surface area (Å²) in [6.45, 7) is 2.53. The van der Waals surface area contributed by atoms with Crippen molar-refractivity contribution in [3.05, 3.63) is 59.9 Å². The number of rotatable bonds is 5. The Hall–Kier alpha value is -3.35. The summed E-state index contributed by atoms with van der Waals surface area (Å²) in [5, 5.41) is 3.23. The van der Waals surface area contributed by atoms with Crippen LogP contribution >= 0.6 is 0 Å². The summed E-state index contributed by atoms with van der Waals surface area (Å²) in [4.78, 5) is 33.7. The second kappa shape index (κ2) is 7.97. The molecule has 5 rings (SSSR count). The van der Waals surface area contributed by atoms with E-state index in [1.54, 1.807) is 12.0 Å². The Labute approximate surface area is 187 Å². The molecule has 1 atom stereocenters. The van der Waals surface area contributed by atoms with Gasteiger partial charge in [-0.05, 0) is 49.6 Å². The van der Waals surface area contributed by atoms with Crippen LogP contribution in [0, 0.1) is 0 Å². The minimum atomic E-state index is -1.04. The standard InChI is InChI=1S/C25H28N4O3/c1-25(24(31)26-18-9-3-4-10-18)16-28-21-13-6-5-12-20(21)27-22(28)23(30)29(25)15-17-8-7-11-19(14-17)32-2/h5-8,11-14,18H,3-4,9-10,15-16H2,1-2H3,(H,26,31)/t25-/m1/s1. The number of fused-ring (bicyclic) bond motifs is 3. The van der Waals surface area contributed by atoms with Gasteiger partial charge in [-0.2, -0.15) is 0 Å². The molecule has 2 aliphatic rings. The van der Waals surface area contributed by atoms with Crippen LogP contribution in [0.3, 0.4) is 0 Å². The number of nitrogens with zero attached hydrogens (tertiary/aromatic N) is 3. The van der Waals surface area contributed by atoms with Gasteiger partial charge in [-0.3, -0.25) is 9.59 Å². The Morgan fingerprint density at radius 1 is 1.19 bits per heavy atom. The van der Waals surface area contributed by atoms with E-state index in [1.165, 1.54) is 0 Å². The molecule has 0 bridgehead atoms. The average molecular weight is 433 g/mol. The smallest absolute Gasteiger partial charge is 0.291 e. The van der Waals surface area contributed by atoms with E-state index < -0.39 is 5.54 Å². The number of carbonyl (C=O) groups excluding carboxylic acids is 2. The van der Waals surface area contributed by atoms with Gasteiger partial charge in [0.1, 0.15) is 11.3 Å². The summed E-state index contributed by atoms with van der Waals surface area (Å²) < 4.78 is 7.25. The van der Waals surface area contributed by atoms with Crippen LogP contribution in [0.5, 0.6) is 5.75 Å². The lowest BCUT2D eigenvalue weighted by molar-refractivity contribution is -0.133. The van der Waals surface area contributed by atoms with Gasteiger partial charge < -0.3 is 19.5 Å². The second-order valence-electron chi connectivity index (χ2n) is 8.98. The van der Waals surface area contributed by atoms with Crippen molar-refractivity contribution in [2.24, 2.45) is 0 Å². The molecule has 0 radical (unpaired) electrons. The number of ether oxygens (including phenoxy) is 1. The second-order valence-corrected chi connectivity index (χ2v) is 8.98. The molecule has 1 fully saturated rings. The van der Waals surface area contributed by atoms with Gasteiger partial charge in [-0.15, -0.1) is 0 Å². The van der Waals surface area contributed by atoms with Gasteiger partial charge >= 0.3 is 0 Å². The zero-order valence-corrected chi connectivity index (χ0v) is 18.5. The lowest BCUT2D eigenvalue weighted by atomic mass is 9.93. The van der Waals surface area contributed by atoms with Crippen molar-refractivity contribution in [3.63, 3.8) is 0 Å². The van der Waals surface area contributed by atoms with Crippen LogP contribution in [0.4, 0.5) is 0 Å². The number of aromatic nitrogens is 2. The van der Waals surface area contributed by atoms with Crippen LogP contribution in [0.1, 0.15) is 48.8 Å². The number of methoxy groups -OCH3 is 1. The van der Waals surface area contributed by atoms with Crippen molar-refractivity contribution in [2.75, 3.05) is 7.11 Å². The van der Waals surface area contributed by atoms with Crippen LogP contribution in [0.25, 0.3) is 11.0 Å². The topological polar surface area (TPSA) is 76.5 Å². The lowest BCUT2D eigenvalue weighted by Crippen LogP contribution is -2.64. The maximum Gasteiger partial charge on any atom is 0.291 e. The molecular weight excluding hydrogens is 404 g/mol. The van der Waals surface area contributed by atoms with Crippen molar-refractivity contribution >= 4 is 22.8 Å². The highest BCUT2D eigenvalue weighted by atomic mass is 16.5. The van der Waals surface area contributed by atoms with Gasteiger partial charge in [0.25, 0.3) is 5.91 Å². The first-order chi connectivity index (χ1) is 15.5. The number of amides is 2. The van der Waals surface area contributed by atoms with Crippen LogP contribution in [0.15, 0.2) is 48.5 Å². The molecule has 3 aromatic rings. The number of benzene rings is 2. The molecule has 0 spiro atoms. The van der Waals surface area contributed by atoms with Crippen molar-refractivity contribution in [1.29, 1.82) is 0 Å². The van der Waals surface area contributed by atoms with E-state index in [0.29, 0.717) is 18.9 Å². The predicted molar refractivity (Wildman–Crippen MR) is 121 cm³/mol. The first-order valence-electron chi connectivity index (χ1n) is 11.2. The molecular formula is C25H28N4O3. The van der Waals surface area contributed by atoms with Gasteiger partial charge in [0.2, 0.25) is 5.91 Å². The Balaban J connectivity index is 1.56. The zero-order valence-electron chi connectivity index (χ0n) is 18.5. The van der Waals surface area contributed by atoms with Gasteiger partial charge in [0.15, 0.2) is 5.82 Å². The summed E-state index contributed by atoms with van der Waals surface area (Å²) >= 11 is 0. The molecule has 1 aliphatic carbocycles. The largest absolute Gasteiger partial charge is 0.497 e. The van der Waals surface area contributed by atoms with E-state index in [-0.39, 0.29) is 17.9 Å². The first-order valence-corrected chi connectivity index (χ1v) is 11.2. The fraction of sp³-hybridized carbons (Fsp3) is 0.400. The van der Waals surface area contributed by atoms with Crippen molar-refractivity contribution in [1.82, 2.24) is 19.8 Å². The molecule has 2 heterocycles. The van der Waals surface area contributed by atoms with Gasteiger partial charge in [-0.1, -0.05) is 37.1 Å². The number of carbonyl (C=O) groups is 2. The third-order valence-electron chi connectivity index (χ3n) is 6.81. The Kier molecular flexibility index (Phi) is 5.12. The first kappa shape index (κ1) is 20.5. The quantitative estimate of drug-likeness (QED) is 0.669. The fourth-order valence-electron chi connectivity index (χ4n) is 4.94. The Morgan fingerprint density at radius 2 is 1.97 bits per heavy atom. The molecule has 1 aliphatic heterocycles. The Bertz CT molecular complexity index is 1180. The van der Waals surface area contributed by atoms with Gasteiger partial charge in [0.05, 0.1) is 24.7 Å². The molecule has 1 saturated carbocycles. The highest BCUT2D eigenvalue weighted by Crippen LogP contribution is 2.33. The summed E-state index contributed by atoms with van der Waals surface area (Å²) in [5.74, 6) is 0.750. The van der Waals surface area contributed by atoms with Gasteiger partial charge in [0, 0.05) is 12.6 Å². The number of hydrogen-bond donors (Lipinski definition) is 1. The molecule has 1 N–H and O–H groups in total. The van der Waals surface area contributed by atoms with Gasteiger partial charge in [-0.25, -0.2) is 4.98 Å². The van der Waals surface area contributed by atoms with E-state index in [1.807, 2.05) is 60.0 Å². The number of nitrogens with one attached hydrogen (secondary N) is 1. The summed E-state index contributed by atoms with van der Waals surface area (Å²) in [6, 6.07) is 15.5. The summed E-state index contributed by atoms with van der Waals surface area (Å²) in [6.07, 6.45) is 4.24. The molecule has 166 valence electrons. The predicted octanol–water partition coefficient (Wildman–Crippen LogP) is 3.52. The van der Waals surface area contributed by atoms with Crippen LogP contribution in [-0.2, 0) is 17.9 Å². The summed E-state index contributed by atoms with van der Waals surface area (Å²) in [7, 11) is 1.62. The van der Waals surface area contributed by atoms with E-state index in [4.69, 9.17) is 4.74 Å². The minimum Gasteiger partial charge on any atom is -0.497 e. The molecule has 2 amide bonds. The van der Waals surface area contributed by atoms with Crippen molar-refractivity contribution in [3.8, 4) is 5.75 Å². The SMILES string of the molecule is COc1cccc(CN2C(=O)c3nc4ccccc4n3C[C@]2(C)C(=O)NC2CCCC2)c1. The third-order valence-corrected chi connectivity index (χ3v) is 6.81. The molecule has 0 saturated heterocycles. The zero-order chi connectivity index (χ0) is 22.3. The highest BCUT2D eigenvalue weighted by Gasteiger charge is 2.48. The number of imidazole rings is 1. The number of para-hydroxylation sites is 2. The van der Waals surface area contributed by atoms with E-state index in [0.717, 1.165) is 48.0 Å². The molecule has 0 unspecified atom stereocenters. The number of hydrogen-bond acceptors (Lipinski definition) is 4. The van der Waals surface area contributed by atoms with Crippen LogP contribution < -0.4 is 10.1 Å². The molecule has 2 aromatic carbocycles. The fourth-order valence-corrected chi connectivity index (χ4v) is 4.94. The average Bonchev–Trinajstić information content (AvgIpc) is 3.45. The maximum absolute atomic E-state index is 13.7. The van der Waals surface area contributed by atoms with E-state index in [2.05, 4.69) is 10.3 Å². The normalized spacial score (nSPS) is 21.1. The Morgan fingerprint density at radius 3 is 2.75 bits per heavy atom. The maximum atomic E-state index is 13.7. The van der Waals surface area contributed by atoms with E-state index in [9.17, 15) is 9.59 Å². The van der Waals surface area contributed by atoms with E-state index >= 15 is 0 Å². The molecule has 7 nitrogen and oxygen atoms in total. The van der Waals surface area contributed by atoms with Crippen molar-refractivity contribution in [2.45, 2.75) is 57.3 Å². The van der Waals surface area contributed by atoms with Crippen molar-refractivity contribution < 1.29 is 14.3 Å². The minimum absolute atomic E-state index is 0.107. The monoisotopic (exact) mass is 432 g/mol. The van der Waals surface area contributed by atoms with Crippen LogP contribution in [0.2, 0.25) is 0 Å². The molecule has 32 heavy (non-hydrogen) atoms. The third kappa shape index (κ3) is 3.42. The summed E-state index contributed by atoms with van der Waals surface area (Å²) in [5.41, 5.74) is 1.50. The lowest BCUT2D eigenvalue weighted by Gasteiger charge is -2.44. The molecule has 1 aromatic heterocycles. The molecule has 7 heteroatoms.